The molecule has 66 heavy (non-hydrogen) atoms. The lowest BCUT2D eigenvalue weighted by atomic mass is 9.81. The molecular weight excluding hydrogens is 801 g/mol. The summed E-state index contributed by atoms with van der Waals surface area (Å²) in [5.74, 6) is 0. The Morgan fingerprint density at radius 1 is 0.364 bits per heavy atom. The van der Waals surface area contributed by atoms with E-state index >= 15 is 0 Å². The zero-order chi connectivity index (χ0) is 43.9. The van der Waals surface area contributed by atoms with Crippen molar-refractivity contribution < 1.29 is 4.42 Å². The van der Waals surface area contributed by atoms with Crippen LogP contribution in [0.1, 0.15) is 25.0 Å². The summed E-state index contributed by atoms with van der Waals surface area (Å²) in [6, 6.07) is 83.8. The molecule has 0 saturated heterocycles. The Labute approximate surface area is 384 Å². The predicted molar refractivity (Wildman–Crippen MR) is 277 cm³/mol. The number of anilines is 3. The SMILES string of the molecule is CC1(C)c2ccccc2-c2ccc(-c3ccc(N(c4ccc(-c5ccccc5)cc4)c4cc(-c5ccccc5-n5c6ccccc6c6ccccc65)c5oc6ccccc6c5c4)cc3)cc21. The molecule has 0 aliphatic heterocycles. The van der Waals surface area contributed by atoms with Gasteiger partial charge in [0.25, 0.3) is 0 Å². The smallest absolute Gasteiger partial charge is 0.143 e. The lowest BCUT2D eigenvalue weighted by Gasteiger charge is -2.27. The second-order valence-corrected chi connectivity index (χ2v) is 18.1. The largest absolute Gasteiger partial charge is 0.455 e. The summed E-state index contributed by atoms with van der Waals surface area (Å²) in [4.78, 5) is 2.40. The molecule has 13 rings (SSSR count). The normalized spacial score (nSPS) is 12.8. The number of fused-ring (bicyclic) bond motifs is 9. The standard InChI is InChI=1S/C63H44N2O/c1-63(2)56-23-11-6-18-48(56)49-37-32-44(38-57(49)63)43-30-35-46(36-31-43)64(45-33-28-42(29-34-45)41-16-4-3-5-17-41)47-39-54(62-55(40-47)53-22-10-15-27-61(53)66-62)52-21-9-14-26-60(52)65-58-24-12-7-19-50(58)51-20-8-13-25-59(51)65/h3-40H,1-2H3. The first-order valence-corrected chi connectivity index (χ1v) is 22.8. The Kier molecular flexibility index (Phi) is 8.56. The van der Waals surface area contributed by atoms with E-state index in [-0.39, 0.29) is 5.41 Å². The first kappa shape index (κ1) is 38.1. The van der Waals surface area contributed by atoms with Gasteiger partial charge in [-0.05, 0) is 111 Å². The van der Waals surface area contributed by atoms with Crippen molar-refractivity contribution in [2.75, 3.05) is 4.90 Å². The van der Waals surface area contributed by atoms with E-state index in [9.17, 15) is 0 Å². The summed E-state index contributed by atoms with van der Waals surface area (Å²) in [7, 11) is 0. The maximum absolute atomic E-state index is 6.90. The van der Waals surface area contributed by atoms with Gasteiger partial charge in [0.1, 0.15) is 11.2 Å². The van der Waals surface area contributed by atoms with E-state index in [0.717, 1.165) is 55.8 Å². The highest BCUT2D eigenvalue weighted by Crippen LogP contribution is 2.50. The highest BCUT2D eigenvalue weighted by molar-refractivity contribution is 6.14. The topological polar surface area (TPSA) is 21.3 Å². The van der Waals surface area contributed by atoms with Crippen molar-refractivity contribution in [3.63, 3.8) is 0 Å². The van der Waals surface area contributed by atoms with Crippen molar-refractivity contribution in [2.24, 2.45) is 0 Å². The van der Waals surface area contributed by atoms with Gasteiger partial charge in [0, 0.05) is 55.1 Å². The van der Waals surface area contributed by atoms with Crippen LogP contribution in [0.4, 0.5) is 17.1 Å². The van der Waals surface area contributed by atoms with Crippen LogP contribution in [-0.4, -0.2) is 4.57 Å². The van der Waals surface area contributed by atoms with Gasteiger partial charge in [0.05, 0.1) is 16.7 Å². The molecule has 0 bridgehead atoms. The molecule has 12 aromatic rings. The van der Waals surface area contributed by atoms with E-state index in [0.29, 0.717) is 0 Å². The predicted octanol–water partition coefficient (Wildman–Crippen LogP) is 17.5. The fraction of sp³-hybridized carbons (Fsp3) is 0.0476. The van der Waals surface area contributed by atoms with Gasteiger partial charge < -0.3 is 13.9 Å². The highest BCUT2D eigenvalue weighted by atomic mass is 16.3. The molecule has 3 nitrogen and oxygen atoms in total. The molecular formula is C63H44N2O. The zero-order valence-electron chi connectivity index (χ0n) is 36.7. The molecule has 1 aliphatic carbocycles. The van der Waals surface area contributed by atoms with Crippen molar-refractivity contribution in [2.45, 2.75) is 19.3 Å². The van der Waals surface area contributed by atoms with Gasteiger partial charge in [-0.2, -0.15) is 0 Å². The minimum absolute atomic E-state index is 0.0711. The van der Waals surface area contributed by atoms with Crippen LogP contribution in [0.3, 0.4) is 0 Å². The summed E-state index contributed by atoms with van der Waals surface area (Å²) in [5, 5.41) is 4.61. The number of aromatic nitrogens is 1. The number of benzene rings is 10. The van der Waals surface area contributed by atoms with Gasteiger partial charge in [0.15, 0.2) is 0 Å². The second-order valence-electron chi connectivity index (χ2n) is 18.1. The molecule has 2 heterocycles. The van der Waals surface area contributed by atoms with Crippen LogP contribution in [0.25, 0.3) is 93.9 Å². The minimum Gasteiger partial charge on any atom is -0.455 e. The van der Waals surface area contributed by atoms with Crippen LogP contribution in [0.15, 0.2) is 235 Å². The van der Waals surface area contributed by atoms with E-state index < -0.39 is 0 Å². The molecule has 0 atom stereocenters. The number of rotatable bonds is 7. The fourth-order valence-electron chi connectivity index (χ4n) is 10.8. The van der Waals surface area contributed by atoms with Crippen LogP contribution < -0.4 is 4.90 Å². The number of furan rings is 1. The van der Waals surface area contributed by atoms with Gasteiger partial charge in [-0.15, -0.1) is 0 Å². The second kappa shape index (κ2) is 14.8. The summed E-state index contributed by atoms with van der Waals surface area (Å²) in [6.07, 6.45) is 0. The van der Waals surface area contributed by atoms with Crippen molar-refractivity contribution in [3.8, 4) is 50.2 Å². The van der Waals surface area contributed by atoms with Crippen molar-refractivity contribution in [1.82, 2.24) is 4.57 Å². The van der Waals surface area contributed by atoms with E-state index in [1.807, 2.05) is 0 Å². The summed E-state index contributed by atoms with van der Waals surface area (Å²) in [6.45, 7) is 4.70. The van der Waals surface area contributed by atoms with Crippen LogP contribution >= 0.6 is 0 Å². The fourth-order valence-corrected chi connectivity index (χ4v) is 10.8. The highest BCUT2D eigenvalue weighted by Gasteiger charge is 2.35. The molecule has 1 aliphatic rings. The van der Waals surface area contributed by atoms with Gasteiger partial charge >= 0.3 is 0 Å². The molecule has 0 saturated carbocycles. The van der Waals surface area contributed by atoms with Crippen LogP contribution in [0.2, 0.25) is 0 Å². The van der Waals surface area contributed by atoms with Crippen LogP contribution in [0.5, 0.6) is 0 Å². The van der Waals surface area contributed by atoms with Gasteiger partial charge in [0.2, 0.25) is 0 Å². The zero-order valence-corrected chi connectivity index (χ0v) is 36.7. The molecule has 2 aromatic heterocycles. The number of hydrogen-bond donors (Lipinski definition) is 0. The molecule has 0 unspecified atom stereocenters. The Morgan fingerprint density at radius 2 is 0.894 bits per heavy atom. The van der Waals surface area contributed by atoms with Crippen molar-refractivity contribution in [3.05, 3.63) is 242 Å². The first-order chi connectivity index (χ1) is 32.5. The molecule has 0 N–H and O–H groups in total. The lowest BCUT2D eigenvalue weighted by Crippen LogP contribution is -2.14. The average molecular weight is 845 g/mol. The Balaban J connectivity index is 1.01. The molecule has 3 heteroatoms. The third-order valence-corrected chi connectivity index (χ3v) is 14.0. The molecule has 0 spiro atoms. The van der Waals surface area contributed by atoms with Crippen LogP contribution in [-0.2, 0) is 5.41 Å². The monoisotopic (exact) mass is 844 g/mol. The van der Waals surface area contributed by atoms with E-state index in [1.165, 1.54) is 66.3 Å². The molecule has 0 fully saturated rings. The van der Waals surface area contributed by atoms with Gasteiger partial charge in [-0.1, -0.05) is 178 Å². The van der Waals surface area contributed by atoms with Gasteiger partial charge in [-0.25, -0.2) is 0 Å². The summed E-state index contributed by atoms with van der Waals surface area (Å²) in [5.41, 5.74) is 20.6. The van der Waals surface area contributed by atoms with Gasteiger partial charge in [-0.3, -0.25) is 0 Å². The Bertz CT molecular complexity index is 3780. The lowest BCUT2D eigenvalue weighted by molar-refractivity contribution is 0.660. The number of para-hydroxylation sites is 4. The molecule has 0 amide bonds. The van der Waals surface area contributed by atoms with Crippen molar-refractivity contribution in [1.29, 1.82) is 0 Å². The first-order valence-electron chi connectivity index (χ1n) is 22.8. The van der Waals surface area contributed by atoms with E-state index in [4.69, 9.17) is 4.42 Å². The third kappa shape index (κ3) is 5.90. The number of hydrogen-bond acceptors (Lipinski definition) is 2. The maximum atomic E-state index is 6.90. The number of nitrogens with zero attached hydrogens (tertiary/aromatic N) is 2. The average Bonchev–Trinajstić information content (AvgIpc) is 4.00. The minimum atomic E-state index is -0.0711. The molecule has 0 radical (unpaired) electrons. The van der Waals surface area contributed by atoms with E-state index in [1.54, 1.807) is 0 Å². The molecule has 312 valence electrons. The quantitative estimate of drug-likeness (QED) is 0.159. The Hall–Kier alpha value is -8.40. The Morgan fingerprint density at radius 3 is 1.61 bits per heavy atom. The third-order valence-electron chi connectivity index (χ3n) is 14.0. The van der Waals surface area contributed by atoms with E-state index in [2.05, 4.69) is 254 Å². The van der Waals surface area contributed by atoms with Crippen LogP contribution in [0, 0.1) is 0 Å². The summed E-state index contributed by atoms with van der Waals surface area (Å²) >= 11 is 0. The maximum Gasteiger partial charge on any atom is 0.143 e. The molecule has 10 aromatic carbocycles. The summed E-state index contributed by atoms with van der Waals surface area (Å²) < 4.78 is 9.32. The van der Waals surface area contributed by atoms with Crippen molar-refractivity contribution >= 4 is 60.8 Å².